The fraction of sp³-hybridized carbons (Fsp3) is 0.857. The Morgan fingerprint density at radius 1 is 0.583 bits per heavy atom. The predicted molar refractivity (Wildman–Crippen MR) is 174 cm³/mol. The number of aliphatic hydroxyl groups excluding tert-OH is 1. The third kappa shape index (κ3) is 20.6. The fourth-order valence-electron chi connectivity index (χ4n) is 5.48. The summed E-state index contributed by atoms with van der Waals surface area (Å²) in [7, 11) is 0. The van der Waals surface area contributed by atoms with Gasteiger partial charge in [-0.3, -0.25) is 24.0 Å². The van der Waals surface area contributed by atoms with Gasteiger partial charge in [0.2, 0.25) is 0 Å². The molecule has 1 heterocycles. The molecule has 1 saturated heterocycles. The van der Waals surface area contributed by atoms with E-state index in [9.17, 15) is 29.1 Å². The van der Waals surface area contributed by atoms with Crippen LogP contribution < -0.4 is 0 Å². The second-order valence-corrected chi connectivity index (χ2v) is 12.4. The number of carbonyl (C=O) groups excluding carboxylic acids is 5. The zero-order valence-corrected chi connectivity index (χ0v) is 29.7. The van der Waals surface area contributed by atoms with E-state index in [4.69, 9.17) is 33.2 Å². The minimum atomic E-state index is -1.43. The monoisotopic (exact) mass is 688 g/mol. The van der Waals surface area contributed by atoms with E-state index in [1.807, 2.05) is 0 Å². The second-order valence-electron chi connectivity index (χ2n) is 12.4. The Bertz CT molecular complexity index is 939. The van der Waals surface area contributed by atoms with Crippen LogP contribution in [-0.2, 0) is 57.1 Å². The van der Waals surface area contributed by atoms with Crippen molar-refractivity contribution in [1.29, 1.82) is 0 Å². The summed E-state index contributed by atoms with van der Waals surface area (Å²) in [5, 5.41) is 10.4. The van der Waals surface area contributed by atoms with E-state index >= 15 is 0 Å². The van der Waals surface area contributed by atoms with Crippen molar-refractivity contribution in [2.75, 3.05) is 19.8 Å². The molecular formula is C35H60O13. The summed E-state index contributed by atoms with van der Waals surface area (Å²) in [5.41, 5.74) is 0. The van der Waals surface area contributed by atoms with Gasteiger partial charge in [0.1, 0.15) is 25.4 Å². The lowest BCUT2D eigenvalue weighted by Gasteiger charge is -2.44. The molecule has 0 aromatic heterocycles. The number of hydrogen-bond donors (Lipinski definition) is 1. The molecule has 13 heteroatoms. The maximum atomic E-state index is 12.2. The predicted octanol–water partition coefficient (Wildman–Crippen LogP) is 5.25. The van der Waals surface area contributed by atoms with E-state index < -0.39 is 79.9 Å². The summed E-state index contributed by atoms with van der Waals surface area (Å²) in [5.74, 6) is -3.39. The van der Waals surface area contributed by atoms with Gasteiger partial charge in [-0.25, -0.2) is 0 Å². The molecule has 1 N–H and O–H groups in total. The quantitative estimate of drug-likeness (QED) is 0.0711. The molecule has 1 aliphatic heterocycles. The standard InChI is InChI=1S/C35H60O13/c1-6-7-8-9-10-11-12-13-14-15-16-17-18-19-20-21-31(41)43-22-29(40)23-44-35-34(47-28(5)39)33(46-27(4)38)32(45-26(3)37)30(48-35)24-42-25(2)36/h29-30,32-35,40H,6-24H2,1-5H3/t29?,30-,32-,33+,34-,35-/m1/s1. The lowest BCUT2D eigenvalue weighted by Crippen LogP contribution is -2.63. The molecule has 6 atom stereocenters. The van der Waals surface area contributed by atoms with Crippen molar-refractivity contribution in [3.05, 3.63) is 0 Å². The van der Waals surface area contributed by atoms with Gasteiger partial charge in [0.05, 0.1) is 6.61 Å². The van der Waals surface area contributed by atoms with Crippen LogP contribution in [-0.4, -0.2) is 91.6 Å². The first-order valence-electron chi connectivity index (χ1n) is 17.7. The molecule has 13 nitrogen and oxygen atoms in total. The summed E-state index contributed by atoms with van der Waals surface area (Å²) in [6, 6.07) is 0. The van der Waals surface area contributed by atoms with Crippen molar-refractivity contribution < 1.29 is 62.2 Å². The van der Waals surface area contributed by atoms with E-state index in [-0.39, 0.29) is 13.0 Å². The summed E-state index contributed by atoms with van der Waals surface area (Å²) in [6.07, 6.45) is 10.6. The summed E-state index contributed by atoms with van der Waals surface area (Å²) in [6.45, 7) is 5.59. The van der Waals surface area contributed by atoms with Crippen molar-refractivity contribution in [1.82, 2.24) is 0 Å². The van der Waals surface area contributed by atoms with E-state index in [1.54, 1.807) is 0 Å². The molecule has 0 bridgehead atoms. The van der Waals surface area contributed by atoms with Crippen molar-refractivity contribution >= 4 is 29.8 Å². The molecular weight excluding hydrogens is 628 g/mol. The smallest absolute Gasteiger partial charge is 0.305 e. The number of aliphatic hydroxyl groups is 1. The number of unbranched alkanes of at least 4 members (excludes halogenated alkanes) is 14. The van der Waals surface area contributed by atoms with Gasteiger partial charge >= 0.3 is 29.8 Å². The van der Waals surface area contributed by atoms with E-state index in [0.717, 1.165) is 40.0 Å². The Balaban J connectivity index is 2.45. The first-order valence-corrected chi connectivity index (χ1v) is 17.7. The average molecular weight is 689 g/mol. The molecule has 0 aromatic carbocycles. The zero-order chi connectivity index (χ0) is 35.7. The number of ether oxygens (including phenoxy) is 7. The number of esters is 5. The Morgan fingerprint density at radius 2 is 1.04 bits per heavy atom. The normalized spacial score (nSPS) is 21.2. The molecule has 278 valence electrons. The zero-order valence-electron chi connectivity index (χ0n) is 29.7. The molecule has 0 aliphatic carbocycles. The van der Waals surface area contributed by atoms with Crippen LogP contribution >= 0.6 is 0 Å². The first kappa shape index (κ1) is 43.3. The van der Waals surface area contributed by atoms with Crippen LogP contribution in [0.5, 0.6) is 0 Å². The molecule has 1 rings (SSSR count). The van der Waals surface area contributed by atoms with Gasteiger partial charge in [0.25, 0.3) is 0 Å². The van der Waals surface area contributed by atoms with Crippen molar-refractivity contribution in [2.24, 2.45) is 0 Å². The second kappa shape index (κ2) is 26.1. The highest BCUT2D eigenvalue weighted by molar-refractivity contribution is 5.69. The summed E-state index contributed by atoms with van der Waals surface area (Å²) < 4.78 is 37.7. The van der Waals surface area contributed by atoms with Crippen LogP contribution in [0.4, 0.5) is 0 Å². The van der Waals surface area contributed by atoms with E-state index in [2.05, 4.69) is 6.92 Å². The van der Waals surface area contributed by atoms with Crippen LogP contribution in [0.1, 0.15) is 137 Å². The first-order chi connectivity index (χ1) is 22.9. The Morgan fingerprint density at radius 3 is 1.52 bits per heavy atom. The average Bonchev–Trinajstić information content (AvgIpc) is 3.01. The third-order valence-electron chi connectivity index (χ3n) is 7.82. The molecule has 0 spiro atoms. The molecule has 1 unspecified atom stereocenters. The highest BCUT2D eigenvalue weighted by Gasteiger charge is 2.52. The maximum absolute atomic E-state index is 12.2. The molecule has 1 fully saturated rings. The van der Waals surface area contributed by atoms with Crippen LogP contribution in [0, 0.1) is 0 Å². The molecule has 0 aromatic rings. The van der Waals surface area contributed by atoms with Gasteiger partial charge in [-0.05, 0) is 6.42 Å². The molecule has 0 saturated carbocycles. The van der Waals surface area contributed by atoms with Gasteiger partial charge in [-0.2, -0.15) is 0 Å². The van der Waals surface area contributed by atoms with Crippen LogP contribution in [0.15, 0.2) is 0 Å². The van der Waals surface area contributed by atoms with Gasteiger partial charge < -0.3 is 38.3 Å². The lowest BCUT2D eigenvalue weighted by atomic mass is 9.98. The molecule has 0 amide bonds. The molecule has 1 aliphatic rings. The SMILES string of the molecule is CCCCCCCCCCCCCCCCCC(=O)OCC(O)CO[C@@H]1O[C@H](COC(C)=O)[C@@H](OC(C)=O)[C@H](OC(C)=O)[C@H]1OC(C)=O. The highest BCUT2D eigenvalue weighted by atomic mass is 16.7. The Kier molecular flexibility index (Phi) is 23.6. The Hall–Kier alpha value is -2.77. The van der Waals surface area contributed by atoms with Gasteiger partial charge in [-0.15, -0.1) is 0 Å². The molecule has 0 radical (unpaired) electrons. The van der Waals surface area contributed by atoms with Gasteiger partial charge in [-0.1, -0.05) is 96.8 Å². The minimum absolute atomic E-state index is 0.242. The van der Waals surface area contributed by atoms with Crippen LogP contribution in [0.25, 0.3) is 0 Å². The largest absolute Gasteiger partial charge is 0.463 e. The van der Waals surface area contributed by atoms with Gasteiger partial charge in [0, 0.05) is 34.1 Å². The molecule has 48 heavy (non-hydrogen) atoms. The fourth-order valence-corrected chi connectivity index (χ4v) is 5.48. The van der Waals surface area contributed by atoms with Gasteiger partial charge in [0.15, 0.2) is 24.6 Å². The van der Waals surface area contributed by atoms with Crippen molar-refractivity contribution in [3.63, 3.8) is 0 Å². The topological polar surface area (TPSA) is 170 Å². The number of carbonyl (C=O) groups is 5. The van der Waals surface area contributed by atoms with Crippen molar-refractivity contribution in [3.8, 4) is 0 Å². The highest BCUT2D eigenvalue weighted by Crippen LogP contribution is 2.30. The third-order valence-corrected chi connectivity index (χ3v) is 7.82. The number of hydrogen-bond acceptors (Lipinski definition) is 13. The number of rotatable bonds is 26. The Labute approximate surface area is 286 Å². The summed E-state index contributed by atoms with van der Waals surface area (Å²) >= 11 is 0. The minimum Gasteiger partial charge on any atom is -0.463 e. The van der Waals surface area contributed by atoms with E-state index in [0.29, 0.717) is 6.42 Å². The van der Waals surface area contributed by atoms with Crippen LogP contribution in [0.3, 0.4) is 0 Å². The maximum Gasteiger partial charge on any atom is 0.305 e. The van der Waals surface area contributed by atoms with Crippen molar-refractivity contribution in [2.45, 2.75) is 174 Å². The van der Waals surface area contributed by atoms with E-state index in [1.165, 1.54) is 77.6 Å². The lowest BCUT2D eigenvalue weighted by molar-refractivity contribution is -0.311. The summed E-state index contributed by atoms with van der Waals surface area (Å²) in [4.78, 5) is 59.4. The van der Waals surface area contributed by atoms with Crippen LogP contribution in [0.2, 0.25) is 0 Å².